The van der Waals surface area contributed by atoms with E-state index in [-0.39, 0.29) is 12.2 Å². The lowest BCUT2D eigenvalue weighted by Gasteiger charge is -2.62. The highest BCUT2D eigenvalue weighted by Gasteiger charge is 2.59. The smallest absolute Gasteiger partial charge is 0.0612 e. The fourth-order valence-electron chi connectivity index (χ4n) is 11.6. The Hall–Kier alpha value is -0.120. The van der Waals surface area contributed by atoms with Gasteiger partial charge in [-0.3, -0.25) is 0 Å². The van der Waals surface area contributed by atoms with E-state index in [0.717, 1.165) is 61.2 Å². The van der Waals surface area contributed by atoms with Gasteiger partial charge in [0.2, 0.25) is 0 Å². The molecule has 192 valence electrons. The molecule has 1 aliphatic heterocycles. The van der Waals surface area contributed by atoms with E-state index in [9.17, 15) is 10.2 Å². The Labute approximate surface area is 207 Å². The minimum atomic E-state index is -0.0805. The molecule has 13 unspecified atom stereocenters. The highest BCUT2D eigenvalue weighted by atomic mass is 16.5. The number of hydrogen-bond acceptors (Lipinski definition) is 3. The van der Waals surface area contributed by atoms with Crippen molar-refractivity contribution in [3.63, 3.8) is 0 Å². The summed E-state index contributed by atoms with van der Waals surface area (Å²) >= 11 is 0. The van der Waals surface area contributed by atoms with Gasteiger partial charge < -0.3 is 14.9 Å². The van der Waals surface area contributed by atoms with Gasteiger partial charge in [-0.15, -0.1) is 0 Å². The number of rotatable bonds is 1. The zero-order valence-electron chi connectivity index (χ0n) is 21.4. The molecule has 34 heavy (non-hydrogen) atoms. The fourth-order valence-corrected chi connectivity index (χ4v) is 11.6. The van der Waals surface area contributed by atoms with E-state index in [1.807, 2.05) is 0 Å². The maximum Gasteiger partial charge on any atom is 0.0612 e. The van der Waals surface area contributed by atoms with Gasteiger partial charge >= 0.3 is 0 Å². The molecule has 2 N–H and O–H groups in total. The summed E-state index contributed by atoms with van der Waals surface area (Å²) in [5, 5.41) is 21.5. The Morgan fingerprint density at radius 3 is 1.53 bits per heavy atom. The van der Waals surface area contributed by atoms with Gasteiger partial charge in [-0.25, -0.2) is 0 Å². The van der Waals surface area contributed by atoms with Crippen LogP contribution in [0.2, 0.25) is 0 Å². The lowest BCUT2D eigenvalue weighted by Crippen LogP contribution is -2.61. The average molecular weight is 471 g/mol. The second-order valence-electron chi connectivity index (χ2n) is 14.3. The van der Waals surface area contributed by atoms with Crippen LogP contribution in [0.5, 0.6) is 0 Å². The van der Waals surface area contributed by atoms with Crippen LogP contribution in [-0.4, -0.2) is 34.6 Å². The van der Waals surface area contributed by atoms with Crippen LogP contribution in [0.3, 0.4) is 0 Å². The monoisotopic (exact) mass is 470 g/mol. The number of aliphatic hydroxyl groups excluding tert-OH is 2. The van der Waals surface area contributed by atoms with Crippen LogP contribution in [0.25, 0.3) is 0 Å². The molecule has 6 saturated carbocycles. The molecule has 7 rings (SSSR count). The Bertz CT molecular complexity index is 681. The number of ether oxygens (including phenoxy) is 1. The first-order chi connectivity index (χ1) is 16.7. The third-order valence-electron chi connectivity index (χ3n) is 12.9. The SMILES string of the molecule is OC1CCC2CCC3OC4CCC5CCC(O)CC5C4C(C4CCC5CCCCC5C4)C3C2C1. The van der Waals surface area contributed by atoms with Crippen LogP contribution in [0.4, 0.5) is 0 Å². The Kier molecular flexibility index (Phi) is 6.31. The maximum absolute atomic E-state index is 10.8. The molecular weight excluding hydrogens is 420 g/mol. The lowest BCUT2D eigenvalue weighted by molar-refractivity contribution is -0.238. The van der Waals surface area contributed by atoms with Crippen molar-refractivity contribution in [2.24, 2.45) is 59.2 Å². The van der Waals surface area contributed by atoms with E-state index >= 15 is 0 Å². The van der Waals surface area contributed by atoms with Crippen LogP contribution in [0.15, 0.2) is 0 Å². The topological polar surface area (TPSA) is 49.7 Å². The zero-order chi connectivity index (χ0) is 22.8. The minimum absolute atomic E-state index is 0.0805. The molecule has 0 amide bonds. The quantitative estimate of drug-likeness (QED) is 0.469. The summed E-state index contributed by atoms with van der Waals surface area (Å²) in [5.74, 6) is 8.06. The van der Waals surface area contributed by atoms with Crippen molar-refractivity contribution < 1.29 is 14.9 Å². The van der Waals surface area contributed by atoms with Crippen molar-refractivity contribution in [1.29, 1.82) is 0 Å². The molecule has 1 heterocycles. The standard InChI is InChI=1S/C31H50O3/c32-23-11-7-19-9-13-27-30(25(19)16-23)29(22-6-5-18-3-1-2-4-21(18)15-22)31-26-17-24(33)12-8-20(26)10-14-28(31)34-27/h18-33H,1-17H2. The molecule has 6 aliphatic carbocycles. The van der Waals surface area contributed by atoms with Crippen molar-refractivity contribution in [2.75, 3.05) is 0 Å². The molecule has 1 saturated heterocycles. The van der Waals surface area contributed by atoms with Gasteiger partial charge in [0.1, 0.15) is 0 Å². The first-order valence-corrected chi connectivity index (χ1v) is 15.7. The van der Waals surface area contributed by atoms with E-state index in [2.05, 4.69) is 0 Å². The predicted molar refractivity (Wildman–Crippen MR) is 134 cm³/mol. The van der Waals surface area contributed by atoms with Gasteiger partial charge in [0.15, 0.2) is 0 Å². The summed E-state index contributed by atoms with van der Waals surface area (Å²) in [6.07, 6.45) is 22.9. The first-order valence-electron chi connectivity index (χ1n) is 15.7. The van der Waals surface area contributed by atoms with Crippen molar-refractivity contribution in [3.05, 3.63) is 0 Å². The number of fused-ring (bicyclic) bond motifs is 7. The van der Waals surface area contributed by atoms with Gasteiger partial charge in [-0.05, 0) is 143 Å². The minimum Gasteiger partial charge on any atom is -0.393 e. The third kappa shape index (κ3) is 3.94. The molecule has 0 aromatic rings. The van der Waals surface area contributed by atoms with Gasteiger partial charge in [0.25, 0.3) is 0 Å². The van der Waals surface area contributed by atoms with Crippen molar-refractivity contribution in [2.45, 2.75) is 134 Å². The fraction of sp³-hybridized carbons (Fsp3) is 1.00. The zero-order valence-corrected chi connectivity index (χ0v) is 21.4. The van der Waals surface area contributed by atoms with Crippen LogP contribution in [0, 0.1) is 59.2 Å². The molecule has 0 spiro atoms. The second-order valence-corrected chi connectivity index (χ2v) is 14.3. The van der Waals surface area contributed by atoms with Crippen molar-refractivity contribution in [1.82, 2.24) is 0 Å². The van der Waals surface area contributed by atoms with Crippen LogP contribution >= 0.6 is 0 Å². The Morgan fingerprint density at radius 1 is 0.412 bits per heavy atom. The number of hydrogen-bond donors (Lipinski definition) is 2. The molecule has 13 atom stereocenters. The van der Waals surface area contributed by atoms with Crippen LogP contribution in [-0.2, 0) is 4.74 Å². The summed E-state index contributed by atoms with van der Waals surface area (Å²) < 4.78 is 7.13. The Balaban J connectivity index is 1.25. The number of aliphatic hydroxyl groups is 2. The highest BCUT2D eigenvalue weighted by Crippen LogP contribution is 2.62. The van der Waals surface area contributed by atoms with Crippen LogP contribution < -0.4 is 0 Å². The average Bonchev–Trinajstić information content (AvgIpc) is 2.86. The summed E-state index contributed by atoms with van der Waals surface area (Å²) in [4.78, 5) is 0. The molecular formula is C31H50O3. The van der Waals surface area contributed by atoms with Gasteiger partial charge in [0, 0.05) is 0 Å². The van der Waals surface area contributed by atoms with Gasteiger partial charge in [0.05, 0.1) is 24.4 Å². The second kappa shape index (κ2) is 9.32. The summed E-state index contributed by atoms with van der Waals surface area (Å²) in [6.45, 7) is 0. The first kappa shape index (κ1) is 23.0. The predicted octanol–water partition coefficient (Wildman–Crippen LogP) is 6.35. The molecule has 0 aromatic heterocycles. The highest BCUT2D eigenvalue weighted by molar-refractivity contribution is 5.07. The molecule has 7 aliphatic rings. The largest absolute Gasteiger partial charge is 0.393 e. The van der Waals surface area contributed by atoms with E-state index in [4.69, 9.17) is 4.74 Å². The molecule has 3 nitrogen and oxygen atoms in total. The molecule has 3 heteroatoms. The maximum atomic E-state index is 10.8. The Morgan fingerprint density at radius 2 is 0.912 bits per heavy atom. The van der Waals surface area contributed by atoms with Crippen molar-refractivity contribution >= 4 is 0 Å². The molecule has 0 radical (unpaired) electrons. The van der Waals surface area contributed by atoms with Crippen LogP contribution in [0.1, 0.15) is 109 Å². The van der Waals surface area contributed by atoms with E-state index in [0.29, 0.717) is 35.9 Å². The van der Waals surface area contributed by atoms with Gasteiger partial charge in [-0.1, -0.05) is 25.7 Å². The summed E-state index contributed by atoms with van der Waals surface area (Å²) in [6, 6.07) is 0. The van der Waals surface area contributed by atoms with E-state index < -0.39 is 0 Å². The normalized spacial score (nSPS) is 57.4. The summed E-state index contributed by atoms with van der Waals surface area (Å²) in [7, 11) is 0. The van der Waals surface area contributed by atoms with Gasteiger partial charge in [-0.2, -0.15) is 0 Å². The van der Waals surface area contributed by atoms with Crippen molar-refractivity contribution in [3.8, 4) is 0 Å². The summed E-state index contributed by atoms with van der Waals surface area (Å²) in [5.41, 5.74) is 0. The van der Waals surface area contributed by atoms with E-state index in [1.54, 1.807) is 0 Å². The lowest BCUT2D eigenvalue weighted by atomic mass is 9.48. The molecule has 0 bridgehead atoms. The molecule has 7 fully saturated rings. The third-order valence-corrected chi connectivity index (χ3v) is 12.9. The van der Waals surface area contributed by atoms with E-state index in [1.165, 1.54) is 83.5 Å². The molecule has 0 aromatic carbocycles.